The summed E-state index contributed by atoms with van der Waals surface area (Å²) in [5, 5.41) is 12.9. The molecule has 36 heavy (non-hydrogen) atoms. The third-order valence-corrected chi connectivity index (χ3v) is 6.46. The molecule has 200 valence electrons. The zero-order valence-electron chi connectivity index (χ0n) is 21.1. The molecule has 0 saturated carbocycles. The average molecular weight is 513 g/mol. The zero-order chi connectivity index (χ0) is 27.0. The third kappa shape index (κ3) is 7.83. The number of primary amides is 1. The van der Waals surface area contributed by atoms with Crippen LogP contribution in [0.3, 0.4) is 0 Å². The summed E-state index contributed by atoms with van der Waals surface area (Å²) < 4.78 is 54.2. The Morgan fingerprint density at radius 2 is 1.86 bits per heavy atom. The molecule has 2 bridgehead atoms. The van der Waals surface area contributed by atoms with E-state index in [4.69, 9.17) is 15.2 Å². The first-order valence-corrected chi connectivity index (χ1v) is 11.9. The molecule has 0 radical (unpaired) electrons. The van der Waals surface area contributed by atoms with E-state index in [0.29, 0.717) is 24.5 Å². The normalized spacial score (nSPS) is 27.8. The SMILES string of the molecule is CO[C@H]1CCCc2c(F)c(F)cc(c2F)NC(=O)/C(C)=C/CC[C@H](C)[C@@H](OC(N)=O)/C(C)=C/C[C@H]1O. The fraction of sp³-hybridized carbons (Fsp3) is 0.538. The quantitative estimate of drug-likeness (QED) is 0.385. The van der Waals surface area contributed by atoms with E-state index in [9.17, 15) is 27.9 Å². The van der Waals surface area contributed by atoms with Gasteiger partial charge < -0.3 is 25.6 Å². The number of carbonyl (C=O) groups is 2. The monoisotopic (exact) mass is 512 g/mol. The van der Waals surface area contributed by atoms with Crippen LogP contribution in [-0.2, 0) is 20.7 Å². The number of rotatable bonds is 2. The van der Waals surface area contributed by atoms with Crippen LogP contribution in [-0.4, -0.2) is 42.5 Å². The fourth-order valence-electron chi connectivity index (χ4n) is 4.30. The van der Waals surface area contributed by atoms with Crippen LogP contribution in [0.5, 0.6) is 0 Å². The third-order valence-electron chi connectivity index (χ3n) is 6.46. The van der Waals surface area contributed by atoms with Gasteiger partial charge in [-0.2, -0.15) is 0 Å². The van der Waals surface area contributed by atoms with Crippen molar-refractivity contribution in [3.63, 3.8) is 0 Å². The number of fused-ring (bicyclic) bond motifs is 2. The molecule has 4 atom stereocenters. The van der Waals surface area contributed by atoms with E-state index in [2.05, 4.69) is 5.32 Å². The van der Waals surface area contributed by atoms with Gasteiger partial charge in [0.05, 0.1) is 17.9 Å². The number of hydrogen-bond acceptors (Lipinski definition) is 5. The van der Waals surface area contributed by atoms with Crippen molar-refractivity contribution in [3.05, 3.63) is 52.4 Å². The molecule has 0 spiro atoms. The maximum atomic E-state index is 15.0. The summed E-state index contributed by atoms with van der Waals surface area (Å²) in [5.74, 6) is -4.45. The smallest absolute Gasteiger partial charge is 0.405 e. The number of aliphatic hydroxyl groups is 1. The van der Waals surface area contributed by atoms with E-state index < -0.39 is 59.0 Å². The van der Waals surface area contributed by atoms with Crippen molar-refractivity contribution in [2.24, 2.45) is 11.7 Å². The predicted octanol–water partition coefficient (Wildman–Crippen LogP) is 4.92. The lowest BCUT2D eigenvalue weighted by molar-refractivity contribution is -0.112. The largest absolute Gasteiger partial charge is 0.442 e. The number of hydrogen-bond donors (Lipinski definition) is 3. The highest BCUT2D eigenvalue weighted by Gasteiger charge is 2.25. The lowest BCUT2D eigenvalue weighted by atomic mass is 9.92. The molecule has 1 aromatic carbocycles. The minimum absolute atomic E-state index is 0.166. The summed E-state index contributed by atoms with van der Waals surface area (Å²) in [6.07, 6.45) is 1.58. The van der Waals surface area contributed by atoms with E-state index in [1.54, 1.807) is 19.1 Å². The van der Waals surface area contributed by atoms with Gasteiger partial charge in [0.25, 0.3) is 5.91 Å². The lowest BCUT2D eigenvalue weighted by Gasteiger charge is -2.25. The van der Waals surface area contributed by atoms with Gasteiger partial charge in [-0.1, -0.05) is 19.1 Å². The second-order valence-corrected chi connectivity index (χ2v) is 9.18. The molecule has 0 unspecified atom stereocenters. The number of nitrogens with two attached hydrogens (primary N) is 1. The average Bonchev–Trinajstić information content (AvgIpc) is 2.82. The zero-order valence-corrected chi connectivity index (χ0v) is 21.1. The summed E-state index contributed by atoms with van der Waals surface area (Å²) in [6.45, 7) is 5.15. The molecular formula is C26H35F3N2O5. The summed E-state index contributed by atoms with van der Waals surface area (Å²) in [5.41, 5.74) is 5.28. The molecule has 0 fully saturated rings. The van der Waals surface area contributed by atoms with Crippen LogP contribution in [0.25, 0.3) is 0 Å². The Labute approximate surface area is 209 Å². The van der Waals surface area contributed by atoms with E-state index >= 15 is 0 Å². The summed E-state index contributed by atoms with van der Waals surface area (Å²) >= 11 is 0. The van der Waals surface area contributed by atoms with E-state index in [1.807, 2.05) is 6.92 Å². The molecule has 1 aromatic rings. The molecule has 10 heteroatoms. The van der Waals surface area contributed by atoms with Gasteiger partial charge >= 0.3 is 6.09 Å². The molecule has 4 N–H and O–H groups in total. The minimum atomic E-state index is -1.31. The molecule has 0 aromatic heterocycles. The second kappa shape index (κ2) is 13.5. The van der Waals surface area contributed by atoms with Crippen LogP contribution in [0, 0.1) is 23.4 Å². The molecule has 0 saturated heterocycles. The maximum Gasteiger partial charge on any atom is 0.405 e. The first-order chi connectivity index (χ1) is 17.0. The lowest BCUT2D eigenvalue weighted by Crippen LogP contribution is -2.30. The van der Waals surface area contributed by atoms with Crippen molar-refractivity contribution in [2.75, 3.05) is 12.4 Å². The number of amides is 2. The van der Waals surface area contributed by atoms with Crippen molar-refractivity contribution in [2.45, 2.75) is 77.6 Å². The number of nitrogens with one attached hydrogen (secondary N) is 1. The summed E-state index contributed by atoms with van der Waals surface area (Å²) in [6, 6.07) is 0.617. The van der Waals surface area contributed by atoms with E-state index in [1.165, 1.54) is 14.0 Å². The molecule has 0 aliphatic carbocycles. The molecule has 7 nitrogen and oxygen atoms in total. The Morgan fingerprint density at radius 1 is 1.17 bits per heavy atom. The second-order valence-electron chi connectivity index (χ2n) is 9.18. The topological polar surface area (TPSA) is 111 Å². The molecule has 1 aliphatic heterocycles. The first-order valence-electron chi connectivity index (χ1n) is 11.9. The number of ether oxygens (including phenoxy) is 2. The van der Waals surface area contributed by atoms with Gasteiger partial charge in [0.1, 0.15) is 6.10 Å². The van der Waals surface area contributed by atoms with Crippen LogP contribution in [0.15, 0.2) is 29.4 Å². The highest BCUT2D eigenvalue weighted by atomic mass is 19.2. The van der Waals surface area contributed by atoms with Gasteiger partial charge in [-0.25, -0.2) is 18.0 Å². The maximum absolute atomic E-state index is 15.0. The Hall–Kier alpha value is -2.85. The van der Waals surface area contributed by atoms with Crippen molar-refractivity contribution < 1.29 is 37.3 Å². The standard InChI is InChI=1S/C26H35F3N2O5/c1-14-7-5-8-16(3)25(33)31-19-13-18(27)22(28)17(23(19)29)9-6-10-21(35-4)20(32)12-11-15(2)24(14)36-26(30)34/h8,11,13-14,20-21,24,32H,5-7,9-10,12H2,1-4H3,(H2,30,34)(H,31,33)/b15-11+,16-8+/t14-,20+,21-,24+/m0/s1. The number of methoxy groups -OCH3 is 1. The van der Waals surface area contributed by atoms with Crippen molar-refractivity contribution >= 4 is 17.7 Å². The Bertz CT molecular complexity index is 1010. The number of benzene rings is 1. The number of halogens is 3. The van der Waals surface area contributed by atoms with E-state index in [-0.39, 0.29) is 37.2 Å². The Morgan fingerprint density at radius 3 is 2.50 bits per heavy atom. The van der Waals surface area contributed by atoms with Crippen molar-refractivity contribution in [1.29, 1.82) is 0 Å². The molecule has 2 amide bonds. The predicted molar refractivity (Wildman–Crippen MR) is 130 cm³/mol. The first kappa shape index (κ1) is 29.4. The molecule has 1 heterocycles. The Balaban J connectivity index is 2.41. The minimum Gasteiger partial charge on any atom is -0.442 e. The Kier molecular flexibility index (Phi) is 11.0. The molecule has 2 rings (SSSR count). The van der Waals surface area contributed by atoms with Crippen LogP contribution < -0.4 is 11.1 Å². The summed E-state index contributed by atoms with van der Waals surface area (Å²) in [7, 11) is 1.41. The van der Waals surface area contributed by atoms with Crippen molar-refractivity contribution in [1.82, 2.24) is 0 Å². The molecular weight excluding hydrogens is 477 g/mol. The fourth-order valence-corrected chi connectivity index (χ4v) is 4.30. The number of aliphatic hydroxyl groups excluding tert-OH is 1. The number of carbonyl (C=O) groups excluding carboxylic acids is 2. The number of anilines is 1. The van der Waals surface area contributed by atoms with Crippen LogP contribution in [0.2, 0.25) is 0 Å². The van der Waals surface area contributed by atoms with Crippen LogP contribution in [0.4, 0.5) is 23.7 Å². The van der Waals surface area contributed by atoms with Gasteiger partial charge in [0.15, 0.2) is 17.5 Å². The van der Waals surface area contributed by atoms with Gasteiger partial charge in [0.2, 0.25) is 0 Å². The van der Waals surface area contributed by atoms with Crippen LogP contribution in [0.1, 0.15) is 58.4 Å². The van der Waals surface area contributed by atoms with Gasteiger partial charge in [-0.15, -0.1) is 0 Å². The van der Waals surface area contributed by atoms with Crippen molar-refractivity contribution in [3.8, 4) is 0 Å². The van der Waals surface area contributed by atoms with Gasteiger partial charge in [-0.05, 0) is 63.9 Å². The summed E-state index contributed by atoms with van der Waals surface area (Å²) in [4.78, 5) is 24.1. The highest BCUT2D eigenvalue weighted by molar-refractivity contribution is 6.03. The highest BCUT2D eigenvalue weighted by Crippen LogP contribution is 2.28. The van der Waals surface area contributed by atoms with Gasteiger partial charge in [-0.3, -0.25) is 4.79 Å². The van der Waals surface area contributed by atoms with E-state index in [0.717, 1.165) is 0 Å². The van der Waals surface area contributed by atoms with Crippen LogP contribution >= 0.6 is 0 Å². The van der Waals surface area contributed by atoms with Gasteiger partial charge in [0, 0.05) is 24.3 Å². The molecule has 1 aliphatic rings. The number of allylic oxidation sites excluding steroid dienone is 1.